The number of hydrogen-bond donors (Lipinski definition) is 1. The summed E-state index contributed by atoms with van der Waals surface area (Å²) in [6.45, 7) is 0.550. The van der Waals surface area contributed by atoms with Gasteiger partial charge in [-0.25, -0.2) is 4.98 Å². The molecule has 0 saturated heterocycles. The van der Waals surface area contributed by atoms with Crippen molar-refractivity contribution >= 4 is 33.5 Å². The third kappa shape index (κ3) is 2.78. The van der Waals surface area contributed by atoms with E-state index in [1.165, 1.54) is 11.3 Å². The number of fused-ring (bicyclic) bond motifs is 1. The van der Waals surface area contributed by atoms with Gasteiger partial charge in [-0.2, -0.15) is 0 Å². The van der Waals surface area contributed by atoms with E-state index in [-0.39, 0.29) is 5.91 Å². The maximum Gasteiger partial charge on any atom is 0.269 e. The van der Waals surface area contributed by atoms with E-state index >= 15 is 0 Å². The van der Waals surface area contributed by atoms with Crippen molar-refractivity contribution in [2.45, 2.75) is 6.54 Å². The van der Waals surface area contributed by atoms with Crippen molar-refractivity contribution in [2.75, 3.05) is 0 Å². The maximum absolute atomic E-state index is 12.4. The predicted molar refractivity (Wildman–Crippen MR) is 94.0 cm³/mol. The van der Waals surface area contributed by atoms with Crippen LogP contribution in [0.1, 0.15) is 15.4 Å². The summed E-state index contributed by atoms with van der Waals surface area (Å²) in [5.74, 6) is -0.0818. The number of amides is 1. The fourth-order valence-corrected chi connectivity index (χ4v) is 3.86. The fourth-order valence-electron chi connectivity index (χ4n) is 2.37. The van der Waals surface area contributed by atoms with E-state index in [9.17, 15) is 4.79 Å². The maximum atomic E-state index is 12.4. The largest absolute Gasteiger partial charge is 0.346 e. The van der Waals surface area contributed by atoms with Crippen LogP contribution in [0, 0.1) is 0 Å². The highest BCUT2D eigenvalue weighted by Gasteiger charge is 2.15. The van der Waals surface area contributed by atoms with Gasteiger partial charge in [0.2, 0.25) is 0 Å². The van der Waals surface area contributed by atoms with Crippen LogP contribution >= 0.6 is 22.7 Å². The molecule has 23 heavy (non-hydrogen) atoms. The number of rotatable bonds is 4. The third-order valence-corrected chi connectivity index (χ3v) is 5.23. The van der Waals surface area contributed by atoms with Gasteiger partial charge in [0.25, 0.3) is 5.91 Å². The SMILES string of the molecule is O=C(NCc1cccs1)c1csc2nc(-c3ccccc3)cn12. The number of aromatic nitrogens is 2. The molecule has 3 heterocycles. The van der Waals surface area contributed by atoms with Gasteiger partial charge >= 0.3 is 0 Å². The van der Waals surface area contributed by atoms with Gasteiger partial charge < -0.3 is 5.32 Å². The smallest absolute Gasteiger partial charge is 0.269 e. The van der Waals surface area contributed by atoms with Crippen LogP contribution < -0.4 is 5.32 Å². The summed E-state index contributed by atoms with van der Waals surface area (Å²) in [5.41, 5.74) is 2.55. The van der Waals surface area contributed by atoms with Gasteiger partial charge in [0.15, 0.2) is 4.96 Å². The molecule has 6 heteroatoms. The van der Waals surface area contributed by atoms with Gasteiger partial charge in [-0.1, -0.05) is 36.4 Å². The number of thiazole rings is 1. The summed E-state index contributed by atoms with van der Waals surface area (Å²) >= 11 is 3.11. The van der Waals surface area contributed by atoms with Crippen molar-refractivity contribution in [1.82, 2.24) is 14.7 Å². The van der Waals surface area contributed by atoms with Gasteiger partial charge in [0.05, 0.1) is 12.2 Å². The van der Waals surface area contributed by atoms with E-state index in [0.29, 0.717) is 12.2 Å². The molecular weight excluding hydrogens is 326 g/mol. The number of benzene rings is 1. The van der Waals surface area contributed by atoms with E-state index in [1.807, 2.05) is 63.8 Å². The van der Waals surface area contributed by atoms with Gasteiger partial charge in [-0.3, -0.25) is 9.20 Å². The third-order valence-electron chi connectivity index (χ3n) is 3.51. The molecule has 4 rings (SSSR count). The second-order valence-electron chi connectivity index (χ2n) is 5.03. The van der Waals surface area contributed by atoms with Crippen LogP contribution in [0.2, 0.25) is 0 Å². The van der Waals surface area contributed by atoms with Crippen LogP contribution in [0.5, 0.6) is 0 Å². The first-order valence-electron chi connectivity index (χ1n) is 7.14. The van der Waals surface area contributed by atoms with E-state index in [4.69, 9.17) is 0 Å². The average molecular weight is 339 g/mol. The van der Waals surface area contributed by atoms with Gasteiger partial charge in [0.1, 0.15) is 5.69 Å². The zero-order chi connectivity index (χ0) is 15.6. The van der Waals surface area contributed by atoms with Crippen LogP contribution in [-0.2, 0) is 6.54 Å². The number of imidazole rings is 1. The Morgan fingerprint density at radius 1 is 1.13 bits per heavy atom. The Morgan fingerprint density at radius 3 is 2.78 bits per heavy atom. The number of nitrogens with zero attached hydrogens (tertiary/aromatic N) is 2. The molecule has 0 radical (unpaired) electrons. The molecule has 0 spiro atoms. The van der Waals surface area contributed by atoms with Gasteiger partial charge in [-0.15, -0.1) is 22.7 Å². The van der Waals surface area contributed by atoms with Crippen molar-refractivity contribution in [3.8, 4) is 11.3 Å². The zero-order valence-corrected chi connectivity index (χ0v) is 13.7. The lowest BCUT2D eigenvalue weighted by Gasteiger charge is -2.02. The lowest BCUT2D eigenvalue weighted by atomic mass is 10.2. The molecule has 0 unspecified atom stereocenters. The Balaban J connectivity index is 1.60. The molecule has 0 atom stereocenters. The molecule has 1 aromatic carbocycles. The van der Waals surface area contributed by atoms with Crippen molar-refractivity contribution < 1.29 is 4.79 Å². The highest BCUT2D eigenvalue weighted by atomic mass is 32.1. The molecule has 0 aliphatic rings. The van der Waals surface area contributed by atoms with Crippen LogP contribution in [0.3, 0.4) is 0 Å². The Labute approximate surface area is 141 Å². The molecule has 1 amide bonds. The fraction of sp³-hybridized carbons (Fsp3) is 0.0588. The molecule has 114 valence electrons. The number of thiophene rings is 1. The predicted octanol–water partition coefficient (Wildman–Crippen LogP) is 4.05. The molecule has 0 aliphatic heterocycles. The Hall–Kier alpha value is -2.44. The standard InChI is InChI=1S/C17H13N3OS2/c21-16(18-9-13-7-4-8-22-13)15-11-23-17-19-14(10-20(15)17)12-5-2-1-3-6-12/h1-8,10-11H,9H2,(H,18,21). The second kappa shape index (κ2) is 5.98. The molecule has 4 aromatic rings. The molecule has 0 saturated carbocycles. The Kier molecular flexibility index (Phi) is 3.69. The summed E-state index contributed by atoms with van der Waals surface area (Å²) in [6, 6.07) is 14.0. The summed E-state index contributed by atoms with van der Waals surface area (Å²) in [4.78, 5) is 19.0. The van der Waals surface area contributed by atoms with Crippen LogP contribution in [0.15, 0.2) is 59.4 Å². The molecule has 0 bridgehead atoms. The average Bonchev–Trinajstić information content (AvgIpc) is 3.30. The first-order valence-corrected chi connectivity index (χ1v) is 8.90. The van der Waals surface area contributed by atoms with E-state index in [0.717, 1.165) is 21.1 Å². The lowest BCUT2D eigenvalue weighted by molar-refractivity contribution is 0.0945. The molecule has 0 fully saturated rings. The summed E-state index contributed by atoms with van der Waals surface area (Å²) in [7, 11) is 0. The van der Waals surface area contributed by atoms with E-state index in [1.54, 1.807) is 11.3 Å². The first-order chi connectivity index (χ1) is 11.3. The summed E-state index contributed by atoms with van der Waals surface area (Å²) in [5, 5.41) is 6.81. The molecule has 4 nitrogen and oxygen atoms in total. The van der Waals surface area contributed by atoms with Crippen LogP contribution in [0.4, 0.5) is 0 Å². The zero-order valence-electron chi connectivity index (χ0n) is 12.1. The van der Waals surface area contributed by atoms with Crippen molar-refractivity contribution in [3.05, 3.63) is 70.0 Å². The topological polar surface area (TPSA) is 46.4 Å². The van der Waals surface area contributed by atoms with Gasteiger partial charge in [-0.05, 0) is 11.4 Å². The quantitative estimate of drug-likeness (QED) is 0.609. The Morgan fingerprint density at radius 2 is 2.00 bits per heavy atom. The normalized spacial score (nSPS) is 11.0. The highest BCUT2D eigenvalue weighted by molar-refractivity contribution is 7.15. The number of carbonyl (C=O) groups excluding carboxylic acids is 1. The highest BCUT2D eigenvalue weighted by Crippen LogP contribution is 2.23. The summed E-state index contributed by atoms with van der Waals surface area (Å²) in [6.07, 6.45) is 1.92. The molecular formula is C17H13N3OS2. The number of carbonyl (C=O) groups is 1. The minimum Gasteiger partial charge on any atom is -0.346 e. The minimum absolute atomic E-state index is 0.0818. The monoisotopic (exact) mass is 339 g/mol. The van der Waals surface area contributed by atoms with E-state index in [2.05, 4.69) is 10.3 Å². The summed E-state index contributed by atoms with van der Waals surface area (Å²) < 4.78 is 1.86. The van der Waals surface area contributed by atoms with E-state index < -0.39 is 0 Å². The first kappa shape index (κ1) is 14.2. The van der Waals surface area contributed by atoms with Crippen LogP contribution in [-0.4, -0.2) is 15.3 Å². The number of nitrogens with one attached hydrogen (secondary N) is 1. The molecule has 3 aromatic heterocycles. The van der Waals surface area contributed by atoms with Crippen molar-refractivity contribution in [2.24, 2.45) is 0 Å². The molecule has 1 N–H and O–H groups in total. The lowest BCUT2D eigenvalue weighted by Crippen LogP contribution is -2.23. The van der Waals surface area contributed by atoms with Crippen LogP contribution in [0.25, 0.3) is 16.2 Å². The molecule has 0 aliphatic carbocycles. The number of hydrogen-bond acceptors (Lipinski definition) is 4. The van der Waals surface area contributed by atoms with Gasteiger partial charge in [0, 0.05) is 22.0 Å². The van der Waals surface area contributed by atoms with Crippen molar-refractivity contribution in [3.63, 3.8) is 0 Å². The Bertz CT molecular complexity index is 939. The minimum atomic E-state index is -0.0818. The van der Waals surface area contributed by atoms with Crippen molar-refractivity contribution in [1.29, 1.82) is 0 Å². The second-order valence-corrected chi connectivity index (χ2v) is 6.90.